The molecule has 0 amide bonds. The van der Waals surface area contributed by atoms with E-state index in [0.717, 1.165) is 30.4 Å². The van der Waals surface area contributed by atoms with Crippen LogP contribution in [0, 0.1) is 5.82 Å². The fourth-order valence-corrected chi connectivity index (χ4v) is 3.56. The van der Waals surface area contributed by atoms with E-state index in [9.17, 15) is 9.18 Å². The molecule has 3 aromatic rings. The molecule has 2 N–H and O–H groups in total. The molecule has 1 aromatic carbocycles. The zero-order valence-corrected chi connectivity index (χ0v) is 15.1. The van der Waals surface area contributed by atoms with Crippen LogP contribution in [0.25, 0.3) is 11.0 Å². The number of halogens is 1. The van der Waals surface area contributed by atoms with Gasteiger partial charge in [0.25, 0.3) is 5.56 Å². The third-order valence-corrected chi connectivity index (χ3v) is 4.81. The van der Waals surface area contributed by atoms with Gasteiger partial charge in [0.2, 0.25) is 5.95 Å². The summed E-state index contributed by atoms with van der Waals surface area (Å²) in [6.45, 7) is 6.03. The van der Waals surface area contributed by atoms with E-state index in [1.54, 1.807) is 16.9 Å². The summed E-state index contributed by atoms with van der Waals surface area (Å²) < 4.78 is 15.5. The van der Waals surface area contributed by atoms with E-state index in [2.05, 4.69) is 20.4 Å². The average Bonchev–Trinajstić information content (AvgIpc) is 3.00. The van der Waals surface area contributed by atoms with Gasteiger partial charge in [0, 0.05) is 0 Å². The molecule has 0 fully saturated rings. The number of nitrogens with zero attached hydrogens (tertiary/aromatic N) is 3. The van der Waals surface area contributed by atoms with Gasteiger partial charge in [-0.05, 0) is 63.3 Å². The largest absolute Gasteiger partial charge is 0.349 e. The topological polar surface area (TPSA) is 75.6 Å². The highest BCUT2D eigenvalue weighted by molar-refractivity contribution is 5.74. The molecule has 0 aliphatic heterocycles. The maximum Gasteiger partial charge on any atom is 0.263 e. The Bertz CT molecular complexity index is 1030. The monoisotopic (exact) mass is 355 g/mol. The number of rotatable bonds is 2. The quantitative estimate of drug-likeness (QED) is 0.738. The molecule has 7 heteroatoms. The van der Waals surface area contributed by atoms with Gasteiger partial charge in [-0.25, -0.2) is 9.07 Å². The number of nitrogens with one attached hydrogen (secondary N) is 2. The van der Waals surface area contributed by atoms with Crippen molar-refractivity contribution in [1.29, 1.82) is 0 Å². The molecule has 0 radical (unpaired) electrons. The van der Waals surface area contributed by atoms with Crippen molar-refractivity contribution in [2.75, 3.05) is 5.32 Å². The highest BCUT2D eigenvalue weighted by Gasteiger charge is 2.23. The lowest BCUT2D eigenvalue weighted by Crippen LogP contribution is -2.25. The molecule has 0 saturated heterocycles. The second-order valence-electron chi connectivity index (χ2n) is 7.81. The first kappa shape index (κ1) is 16.8. The fourth-order valence-electron chi connectivity index (χ4n) is 3.56. The molecular formula is C19H22FN5O. The summed E-state index contributed by atoms with van der Waals surface area (Å²) in [5.74, 6) is 0.135. The average molecular weight is 355 g/mol. The number of aromatic nitrogens is 4. The molecule has 6 nitrogen and oxygen atoms in total. The van der Waals surface area contributed by atoms with Crippen LogP contribution in [0.1, 0.15) is 50.8 Å². The van der Waals surface area contributed by atoms with Crippen molar-refractivity contribution in [1.82, 2.24) is 19.7 Å². The predicted molar refractivity (Wildman–Crippen MR) is 98.8 cm³/mol. The Kier molecular flexibility index (Phi) is 3.82. The molecule has 1 aliphatic rings. The van der Waals surface area contributed by atoms with E-state index in [-0.39, 0.29) is 23.0 Å². The minimum absolute atomic E-state index is 0.0824. The molecule has 136 valence electrons. The van der Waals surface area contributed by atoms with E-state index in [0.29, 0.717) is 17.0 Å². The van der Waals surface area contributed by atoms with Crippen LogP contribution >= 0.6 is 0 Å². The van der Waals surface area contributed by atoms with Gasteiger partial charge >= 0.3 is 0 Å². The Morgan fingerprint density at radius 3 is 2.92 bits per heavy atom. The van der Waals surface area contributed by atoms with Crippen LogP contribution in [0.5, 0.6) is 0 Å². The van der Waals surface area contributed by atoms with Crippen molar-refractivity contribution in [3.05, 3.63) is 51.7 Å². The van der Waals surface area contributed by atoms with E-state index < -0.39 is 0 Å². The molecule has 1 atom stereocenters. The lowest BCUT2D eigenvalue weighted by molar-refractivity contribution is 0.366. The normalized spacial score (nSPS) is 17.3. The number of benzene rings is 1. The second-order valence-corrected chi connectivity index (χ2v) is 7.81. The number of H-pyrrole nitrogens is 1. The van der Waals surface area contributed by atoms with Crippen molar-refractivity contribution in [3.63, 3.8) is 0 Å². The van der Waals surface area contributed by atoms with Crippen LogP contribution in [0.4, 0.5) is 10.3 Å². The van der Waals surface area contributed by atoms with Gasteiger partial charge in [0.15, 0.2) is 5.65 Å². The Hall–Kier alpha value is -2.70. The van der Waals surface area contributed by atoms with Gasteiger partial charge in [-0.2, -0.15) is 10.1 Å². The van der Waals surface area contributed by atoms with Crippen molar-refractivity contribution in [2.45, 2.75) is 51.6 Å². The Labute approximate surface area is 150 Å². The molecular weight excluding hydrogens is 333 g/mol. The summed E-state index contributed by atoms with van der Waals surface area (Å²) in [5, 5.41) is 8.07. The van der Waals surface area contributed by atoms with Gasteiger partial charge in [-0.3, -0.25) is 9.78 Å². The smallest absolute Gasteiger partial charge is 0.263 e. The number of hydrogen-bond donors (Lipinski definition) is 2. The van der Waals surface area contributed by atoms with Crippen LogP contribution in [-0.4, -0.2) is 19.7 Å². The van der Waals surface area contributed by atoms with E-state index in [4.69, 9.17) is 0 Å². The molecule has 0 spiro atoms. The standard InChI is InChI=1S/C19H22FN5O/c1-19(2,3)25-16-14(10-21-25)17(26)24-18(23-16)22-15-6-4-5-11-7-8-12(20)9-13(11)15/h7-10,15H,4-6H2,1-3H3,(H2,22,23,24,26). The summed E-state index contributed by atoms with van der Waals surface area (Å²) in [5.41, 5.74) is 2.09. The van der Waals surface area contributed by atoms with Gasteiger partial charge in [0.1, 0.15) is 11.2 Å². The fraction of sp³-hybridized carbons (Fsp3) is 0.421. The molecule has 2 aromatic heterocycles. The van der Waals surface area contributed by atoms with Crippen molar-refractivity contribution in [2.24, 2.45) is 0 Å². The van der Waals surface area contributed by atoms with E-state index in [1.807, 2.05) is 26.8 Å². The first-order chi connectivity index (χ1) is 12.3. The third kappa shape index (κ3) is 2.87. The molecule has 4 rings (SSSR count). The third-order valence-electron chi connectivity index (χ3n) is 4.81. The van der Waals surface area contributed by atoms with Crippen LogP contribution in [-0.2, 0) is 12.0 Å². The first-order valence-corrected chi connectivity index (χ1v) is 8.86. The number of anilines is 1. The maximum atomic E-state index is 13.7. The van der Waals surface area contributed by atoms with Gasteiger partial charge in [0.05, 0.1) is 17.8 Å². The summed E-state index contributed by atoms with van der Waals surface area (Å²) >= 11 is 0. The summed E-state index contributed by atoms with van der Waals surface area (Å²) in [7, 11) is 0. The van der Waals surface area contributed by atoms with Crippen molar-refractivity contribution >= 4 is 17.0 Å². The number of fused-ring (bicyclic) bond motifs is 2. The Morgan fingerprint density at radius 1 is 1.35 bits per heavy atom. The van der Waals surface area contributed by atoms with Crippen LogP contribution < -0.4 is 10.9 Å². The molecule has 0 saturated carbocycles. The van der Waals surface area contributed by atoms with Crippen LogP contribution in [0.2, 0.25) is 0 Å². The molecule has 2 heterocycles. The van der Waals surface area contributed by atoms with E-state index >= 15 is 0 Å². The van der Waals surface area contributed by atoms with Gasteiger partial charge in [-0.1, -0.05) is 6.07 Å². The second kappa shape index (κ2) is 5.93. The first-order valence-electron chi connectivity index (χ1n) is 8.86. The number of aromatic amines is 1. The summed E-state index contributed by atoms with van der Waals surface area (Å²) in [6, 6.07) is 4.82. The summed E-state index contributed by atoms with van der Waals surface area (Å²) in [6.07, 6.45) is 4.34. The molecule has 1 unspecified atom stereocenters. The van der Waals surface area contributed by atoms with Gasteiger partial charge < -0.3 is 5.32 Å². The molecule has 0 bridgehead atoms. The summed E-state index contributed by atoms with van der Waals surface area (Å²) in [4.78, 5) is 19.8. The Balaban J connectivity index is 1.75. The highest BCUT2D eigenvalue weighted by Crippen LogP contribution is 2.32. The molecule has 1 aliphatic carbocycles. The zero-order valence-electron chi connectivity index (χ0n) is 15.1. The predicted octanol–water partition coefficient (Wildman–Crippen LogP) is 3.50. The maximum absolute atomic E-state index is 13.7. The Morgan fingerprint density at radius 2 is 2.15 bits per heavy atom. The number of hydrogen-bond acceptors (Lipinski definition) is 4. The van der Waals surface area contributed by atoms with Crippen LogP contribution in [0.15, 0.2) is 29.2 Å². The van der Waals surface area contributed by atoms with E-state index in [1.165, 1.54) is 6.07 Å². The number of aryl methyl sites for hydroxylation is 1. The molecule has 26 heavy (non-hydrogen) atoms. The van der Waals surface area contributed by atoms with Crippen molar-refractivity contribution in [3.8, 4) is 0 Å². The highest BCUT2D eigenvalue weighted by atomic mass is 19.1. The van der Waals surface area contributed by atoms with Crippen LogP contribution in [0.3, 0.4) is 0 Å². The SMILES string of the molecule is CC(C)(C)n1ncc2c(=O)[nH]c(NC3CCCc4ccc(F)cc43)nc21. The lowest BCUT2D eigenvalue weighted by Gasteiger charge is -2.26. The zero-order chi connectivity index (χ0) is 18.5. The van der Waals surface area contributed by atoms with Crippen molar-refractivity contribution < 1.29 is 4.39 Å². The minimum Gasteiger partial charge on any atom is -0.349 e. The lowest BCUT2D eigenvalue weighted by atomic mass is 9.87. The van der Waals surface area contributed by atoms with Gasteiger partial charge in [-0.15, -0.1) is 0 Å². The minimum atomic E-state index is -0.291.